The van der Waals surface area contributed by atoms with Crippen LogP contribution >= 0.6 is 0 Å². The van der Waals surface area contributed by atoms with Crippen molar-refractivity contribution in [2.75, 3.05) is 52.4 Å². The van der Waals surface area contributed by atoms with E-state index in [0.29, 0.717) is 0 Å². The molecular formula is C22H32N4O. The van der Waals surface area contributed by atoms with Gasteiger partial charge in [-0.3, -0.25) is 14.6 Å². The highest BCUT2D eigenvalue weighted by Gasteiger charge is 2.19. The third-order valence-corrected chi connectivity index (χ3v) is 6.13. The minimum Gasteiger partial charge on any atom is -0.357 e. The number of aromatic nitrogens is 1. The van der Waals surface area contributed by atoms with Crippen LogP contribution in [0.25, 0.3) is 10.9 Å². The Morgan fingerprint density at radius 3 is 2.19 bits per heavy atom. The topological polar surface area (TPSA) is 42.6 Å². The van der Waals surface area contributed by atoms with Gasteiger partial charge in [0.05, 0.1) is 5.52 Å². The Morgan fingerprint density at radius 1 is 0.852 bits per heavy atom. The van der Waals surface area contributed by atoms with Gasteiger partial charge in [-0.05, 0) is 57.0 Å². The van der Waals surface area contributed by atoms with E-state index in [4.69, 9.17) is 0 Å². The molecule has 1 aromatic heterocycles. The van der Waals surface area contributed by atoms with E-state index in [9.17, 15) is 4.79 Å². The molecule has 2 saturated heterocycles. The zero-order valence-corrected chi connectivity index (χ0v) is 16.8. The highest BCUT2D eigenvalue weighted by atomic mass is 16.1. The normalized spacial score (nSPS) is 19.9. The van der Waals surface area contributed by atoms with Crippen LogP contribution in [0.2, 0.25) is 0 Å². The molecule has 4 rings (SSSR count). The van der Waals surface area contributed by atoms with Crippen LogP contribution in [0.15, 0.2) is 23.0 Å². The van der Waals surface area contributed by atoms with E-state index in [1.165, 1.54) is 39.0 Å². The Morgan fingerprint density at radius 2 is 1.48 bits per heavy atom. The quantitative estimate of drug-likeness (QED) is 0.880. The average Bonchev–Trinajstić information content (AvgIpc) is 3.16. The largest absolute Gasteiger partial charge is 0.357 e. The van der Waals surface area contributed by atoms with E-state index in [-0.39, 0.29) is 5.43 Å². The van der Waals surface area contributed by atoms with E-state index < -0.39 is 0 Å². The number of nitrogens with zero attached hydrogens (tertiary/aromatic N) is 3. The predicted octanol–water partition coefficient (Wildman–Crippen LogP) is 2.36. The van der Waals surface area contributed by atoms with Gasteiger partial charge in [-0.15, -0.1) is 0 Å². The number of hydrogen-bond donors (Lipinski definition) is 1. The molecule has 0 saturated carbocycles. The van der Waals surface area contributed by atoms with Crippen molar-refractivity contribution in [2.24, 2.45) is 0 Å². The number of fused-ring (bicyclic) bond motifs is 1. The van der Waals surface area contributed by atoms with Gasteiger partial charge in [-0.1, -0.05) is 6.07 Å². The number of aryl methyl sites for hydroxylation is 2. The second-order valence-electron chi connectivity index (χ2n) is 8.33. The Labute approximate surface area is 162 Å². The lowest BCUT2D eigenvalue weighted by Crippen LogP contribution is -2.48. The highest BCUT2D eigenvalue weighted by Crippen LogP contribution is 2.17. The molecule has 5 nitrogen and oxygen atoms in total. The van der Waals surface area contributed by atoms with Gasteiger partial charge < -0.3 is 9.88 Å². The van der Waals surface area contributed by atoms with Crippen LogP contribution in [0, 0.1) is 13.8 Å². The first-order valence-electron chi connectivity index (χ1n) is 10.4. The summed E-state index contributed by atoms with van der Waals surface area (Å²) in [6.07, 6.45) is 2.74. The molecule has 0 spiro atoms. The molecule has 2 aliphatic heterocycles. The molecule has 2 fully saturated rings. The van der Waals surface area contributed by atoms with Gasteiger partial charge >= 0.3 is 0 Å². The summed E-state index contributed by atoms with van der Waals surface area (Å²) in [6.45, 7) is 14.3. The standard InChI is InChI=1S/C22H32N4O/c1-17-13-18(2)22-20(14-17)21(27)15-19(23-22)16-26-11-9-25(10-12-26)8-7-24-5-3-4-6-24/h13-15H,3-12,16H2,1-2H3,(H,23,27). The van der Waals surface area contributed by atoms with Crippen molar-refractivity contribution in [3.05, 3.63) is 45.2 Å². The number of piperazine rings is 1. The first kappa shape index (κ1) is 18.7. The Bertz CT molecular complexity index is 845. The lowest BCUT2D eigenvalue weighted by atomic mass is 10.1. The summed E-state index contributed by atoms with van der Waals surface area (Å²) >= 11 is 0. The van der Waals surface area contributed by atoms with Crippen LogP contribution in [0.3, 0.4) is 0 Å². The Kier molecular flexibility index (Phi) is 5.62. The molecule has 0 unspecified atom stereocenters. The van der Waals surface area contributed by atoms with E-state index >= 15 is 0 Å². The first-order valence-corrected chi connectivity index (χ1v) is 10.4. The number of benzene rings is 1. The monoisotopic (exact) mass is 368 g/mol. The summed E-state index contributed by atoms with van der Waals surface area (Å²) in [5.74, 6) is 0. The summed E-state index contributed by atoms with van der Waals surface area (Å²) in [6, 6.07) is 5.92. The molecule has 2 aromatic rings. The van der Waals surface area contributed by atoms with Crippen LogP contribution in [-0.2, 0) is 6.54 Å². The zero-order chi connectivity index (χ0) is 18.8. The number of H-pyrrole nitrogens is 1. The number of rotatable bonds is 5. The van der Waals surface area contributed by atoms with Gasteiger partial charge in [0.2, 0.25) is 0 Å². The summed E-state index contributed by atoms with van der Waals surface area (Å²) < 4.78 is 0. The number of likely N-dealkylation sites (tertiary alicyclic amines) is 1. The van der Waals surface area contributed by atoms with Crippen molar-refractivity contribution >= 4 is 10.9 Å². The molecule has 3 heterocycles. The average molecular weight is 369 g/mol. The van der Waals surface area contributed by atoms with Crippen LogP contribution in [0.4, 0.5) is 0 Å². The lowest BCUT2D eigenvalue weighted by molar-refractivity contribution is 0.117. The minimum atomic E-state index is 0.134. The summed E-state index contributed by atoms with van der Waals surface area (Å²) in [5, 5.41) is 0.808. The molecule has 2 aliphatic rings. The van der Waals surface area contributed by atoms with Crippen LogP contribution in [0.1, 0.15) is 29.7 Å². The predicted molar refractivity (Wildman–Crippen MR) is 111 cm³/mol. The number of hydrogen-bond acceptors (Lipinski definition) is 4. The molecule has 0 amide bonds. The number of nitrogens with one attached hydrogen (secondary N) is 1. The Balaban J connectivity index is 1.35. The van der Waals surface area contributed by atoms with Crippen molar-refractivity contribution < 1.29 is 0 Å². The molecular weight excluding hydrogens is 336 g/mol. The van der Waals surface area contributed by atoms with E-state index in [1.54, 1.807) is 6.07 Å². The molecule has 146 valence electrons. The summed E-state index contributed by atoms with van der Waals surface area (Å²) in [5.41, 5.74) is 4.45. The third kappa shape index (κ3) is 4.42. The third-order valence-electron chi connectivity index (χ3n) is 6.13. The van der Waals surface area contributed by atoms with Crippen LogP contribution < -0.4 is 5.43 Å². The van der Waals surface area contributed by atoms with Crippen molar-refractivity contribution in [3.63, 3.8) is 0 Å². The maximum absolute atomic E-state index is 12.6. The van der Waals surface area contributed by atoms with Gasteiger partial charge in [0.25, 0.3) is 0 Å². The SMILES string of the molecule is Cc1cc(C)c2[nH]c(CN3CCN(CCN4CCCC4)CC3)cc(=O)c2c1. The molecule has 0 atom stereocenters. The fourth-order valence-electron chi connectivity index (χ4n) is 4.55. The lowest BCUT2D eigenvalue weighted by Gasteiger charge is -2.35. The maximum Gasteiger partial charge on any atom is 0.189 e. The highest BCUT2D eigenvalue weighted by molar-refractivity contribution is 5.82. The van der Waals surface area contributed by atoms with Crippen molar-refractivity contribution in [2.45, 2.75) is 33.2 Å². The van der Waals surface area contributed by atoms with E-state index in [1.807, 2.05) is 13.0 Å². The first-order chi connectivity index (χ1) is 13.1. The molecule has 1 aromatic carbocycles. The fourth-order valence-corrected chi connectivity index (χ4v) is 4.55. The van der Waals surface area contributed by atoms with Gasteiger partial charge in [0.1, 0.15) is 0 Å². The second-order valence-corrected chi connectivity index (χ2v) is 8.33. The number of aromatic amines is 1. The van der Waals surface area contributed by atoms with Gasteiger partial charge in [-0.2, -0.15) is 0 Å². The van der Waals surface area contributed by atoms with Crippen molar-refractivity contribution in [1.29, 1.82) is 0 Å². The Hall–Kier alpha value is -1.69. The van der Waals surface area contributed by atoms with E-state index in [0.717, 1.165) is 60.4 Å². The summed E-state index contributed by atoms with van der Waals surface area (Å²) in [7, 11) is 0. The molecule has 5 heteroatoms. The maximum atomic E-state index is 12.6. The van der Waals surface area contributed by atoms with Gasteiger partial charge in [0, 0.05) is 63.0 Å². The van der Waals surface area contributed by atoms with Gasteiger partial charge in [0.15, 0.2) is 5.43 Å². The van der Waals surface area contributed by atoms with Crippen molar-refractivity contribution in [3.8, 4) is 0 Å². The molecule has 0 bridgehead atoms. The fraction of sp³-hybridized carbons (Fsp3) is 0.591. The van der Waals surface area contributed by atoms with Crippen LogP contribution in [0.5, 0.6) is 0 Å². The molecule has 0 radical (unpaired) electrons. The van der Waals surface area contributed by atoms with Crippen LogP contribution in [-0.4, -0.2) is 72.0 Å². The molecule has 0 aliphatic carbocycles. The molecule has 1 N–H and O–H groups in total. The minimum absolute atomic E-state index is 0.134. The van der Waals surface area contributed by atoms with E-state index in [2.05, 4.69) is 32.7 Å². The second kappa shape index (κ2) is 8.13. The molecule has 27 heavy (non-hydrogen) atoms. The van der Waals surface area contributed by atoms with Gasteiger partial charge in [-0.25, -0.2) is 0 Å². The zero-order valence-electron chi connectivity index (χ0n) is 16.8. The summed E-state index contributed by atoms with van der Waals surface area (Å²) in [4.78, 5) is 23.7. The van der Waals surface area contributed by atoms with Crippen molar-refractivity contribution in [1.82, 2.24) is 19.7 Å². The smallest absolute Gasteiger partial charge is 0.189 e. The number of pyridine rings is 1.